The van der Waals surface area contributed by atoms with E-state index in [2.05, 4.69) is 5.32 Å². The summed E-state index contributed by atoms with van der Waals surface area (Å²) in [5, 5.41) is 2.68. The summed E-state index contributed by atoms with van der Waals surface area (Å²) in [7, 11) is 3.07. The first kappa shape index (κ1) is 12.3. The summed E-state index contributed by atoms with van der Waals surface area (Å²) >= 11 is 0. The van der Waals surface area contributed by atoms with Crippen LogP contribution in [0.2, 0.25) is 0 Å². The van der Waals surface area contributed by atoms with E-state index in [4.69, 9.17) is 15.2 Å². The van der Waals surface area contributed by atoms with Crippen LogP contribution in [0.1, 0.15) is 10.4 Å². The number of nitrogens with one attached hydrogen (secondary N) is 1. The third kappa shape index (κ3) is 2.87. The van der Waals surface area contributed by atoms with Crippen LogP contribution in [0.3, 0.4) is 0 Å². The van der Waals surface area contributed by atoms with Crippen molar-refractivity contribution < 1.29 is 14.3 Å². The summed E-state index contributed by atoms with van der Waals surface area (Å²) in [6.45, 7) is 0.867. The Morgan fingerprint density at radius 1 is 1.31 bits per heavy atom. The fourth-order valence-electron chi connectivity index (χ4n) is 1.27. The van der Waals surface area contributed by atoms with Gasteiger partial charge in [0.25, 0.3) is 5.91 Å². The lowest BCUT2D eigenvalue weighted by Gasteiger charge is -2.09. The Labute approximate surface area is 94.5 Å². The van der Waals surface area contributed by atoms with Gasteiger partial charge in [0, 0.05) is 18.7 Å². The number of nitrogens with two attached hydrogens (primary N) is 1. The highest BCUT2D eigenvalue weighted by Crippen LogP contribution is 2.27. The quantitative estimate of drug-likeness (QED) is 0.759. The lowest BCUT2D eigenvalue weighted by atomic mass is 10.2. The first-order valence-corrected chi connectivity index (χ1v) is 4.93. The summed E-state index contributed by atoms with van der Waals surface area (Å²) in [5.74, 6) is 0.951. The predicted molar refractivity (Wildman–Crippen MR) is 60.9 cm³/mol. The Kier molecular flexibility index (Phi) is 4.60. The van der Waals surface area contributed by atoms with Gasteiger partial charge >= 0.3 is 0 Å². The molecule has 1 aromatic carbocycles. The molecule has 1 rings (SSSR count). The van der Waals surface area contributed by atoms with Gasteiger partial charge in [-0.05, 0) is 18.2 Å². The van der Waals surface area contributed by atoms with Gasteiger partial charge in [-0.15, -0.1) is 0 Å². The van der Waals surface area contributed by atoms with E-state index in [0.29, 0.717) is 30.2 Å². The van der Waals surface area contributed by atoms with E-state index in [-0.39, 0.29) is 5.91 Å². The molecule has 1 aromatic rings. The van der Waals surface area contributed by atoms with Gasteiger partial charge in [-0.1, -0.05) is 0 Å². The van der Waals surface area contributed by atoms with Crippen molar-refractivity contribution in [2.75, 3.05) is 27.3 Å². The molecule has 0 radical (unpaired) electrons. The average Bonchev–Trinajstić information content (AvgIpc) is 2.34. The van der Waals surface area contributed by atoms with Crippen LogP contribution in [0.5, 0.6) is 11.5 Å². The summed E-state index contributed by atoms with van der Waals surface area (Å²) in [6, 6.07) is 4.99. The van der Waals surface area contributed by atoms with Gasteiger partial charge < -0.3 is 20.5 Å². The number of hydrogen-bond acceptors (Lipinski definition) is 4. The van der Waals surface area contributed by atoms with Crippen LogP contribution in [0.15, 0.2) is 18.2 Å². The molecule has 0 unspecified atom stereocenters. The first-order valence-electron chi connectivity index (χ1n) is 4.93. The third-order valence-corrected chi connectivity index (χ3v) is 2.08. The molecule has 0 spiro atoms. The second-order valence-corrected chi connectivity index (χ2v) is 3.11. The molecule has 1 amide bonds. The second kappa shape index (κ2) is 5.97. The van der Waals surface area contributed by atoms with Crippen LogP contribution in [-0.2, 0) is 0 Å². The number of amides is 1. The van der Waals surface area contributed by atoms with Gasteiger partial charge in [0.15, 0.2) is 11.5 Å². The van der Waals surface area contributed by atoms with Crippen molar-refractivity contribution in [3.05, 3.63) is 23.8 Å². The van der Waals surface area contributed by atoms with Crippen molar-refractivity contribution in [2.24, 2.45) is 5.73 Å². The molecule has 5 nitrogen and oxygen atoms in total. The zero-order chi connectivity index (χ0) is 12.0. The third-order valence-electron chi connectivity index (χ3n) is 2.08. The Morgan fingerprint density at radius 2 is 2.00 bits per heavy atom. The molecular formula is C11H16N2O3. The molecule has 0 aliphatic carbocycles. The lowest BCUT2D eigenvalue weighted by Crippen LogP contribution is -2.28. The highest BCUT2D eigenvalue weighted by molar-refractivity contribution is 5.94. The first-order chi connectivity index (χ1) is 7.72. The SMILES string of the molecule is COc1ccc(C(=O)NCCN)cc1OC. The van der Waals surface area contributed by atoms with Crippen molar-refractivity contribution in [1.82, 2.24) is 5.32 Å². The zero-order valence-corrected chi connectivity index (χ0v) is 9.45. The minimum Gasteiger partial charge on any atom is -0.493 e. The predicted octanol–water partition coefficient (Wildman–Crippen LogP) is 0.392. The van der Waals surface area contributed by atoms with E-state index in [1.165, 1.54) is 7.11 Å². The molecule has 0 heterocycles. The molecule has 0 aliphatic heterocycles. The smallest absolute Gasteiger partial charge is 0.251 e. The minimum absolute atomic E-state index is 0.175. The van der Waals surface area contributed by atoms with Crippen molar-refractivity contribution >= 4 is 5.91 Å². The number of carbonyl (C=O) groups is 1. The molecule has 0 aromatic heterocycles. The van der Waals surface area contributed by atoms with Crippen LogP contribution in [0.25, 0.3) is 0 Å². The van der Waals surface area contributed by atoms with Gasteiger partial charge in [0.05, 0.1) is 14.2 Å². The molecule has 0 aliphatic rings. The summed E-state index contributed by atoms with van der Waals surface area (Å²) in [6.07, 6.45) is 0. The number of ether oxygens (including phenoxy) is 2. The molecule has 16 heavy (non-hydrogen) atoms. The number of rotatable bonds is 5. The Morgan fingerprint density at radius 3 is 2.56 bits per heavy atom. The molecule has 0 saturated heterocycles. The normalized spacial score (nSPS) is 9.69. The fraction of sp³-hybridized carbons (Fsp3) is 0.364. The van der Waals surface area contributed by atoms with Gasteiger partial charge in [-0.2, -0.15) is 0 Å². The lowest BCUT2D eigenvalue weighted by molar-refractivity contribution is 0.0954. The van der Waals surface area contributed by atoms with Crippen LogP contribution >= 0.6 is 0 Å². The van der Waals surface area contributed by atoms with Gasteiger partial charge in [0.1, 0.15) is 0 Å². The average molecular weight is 224 g/mol. The molecule has 0 atom stereocenters. The van der Waals surface area contributed by atoms with E-state index in [9.17, 15) is 4.79 Å². The second-order valence-electron chi connectivity index (χ2n) is 3.11. The summed E-state index contributed by atoms with van der Waals surface area (Å²) in [4.78, 5) is 11.6. The fourth-order valence-corrected chi connectivity index (χ4v) is 1.27. The van der Waals surface area contributed by atoms with E-state index < -0.39 is 0 Å². The van der Waals surface area contributed by atoms with Gasteiger partial charge in [0.2, 0.25) is 0 Å². The van der Waals surface area contributed by atoms with Crippen LogP contribution in [0.4, 0.5) is 0 Å². The summed E-state index contributed by atoms with van der Waals surface area (Å²) in [5.41, 5.74) is 5.82. The van der Waals surface area contributed by atoms with Crippen molar-refractivity contribution in [1.29, 1.82) is 0 Å². The number of methoxy groups -OCH3 is 2. The minimum atomic E-state index is -0.175. The molecule has 3 N–H and O–H groups in total. The summed E-state index contributed by atoms with van der Waals surface area (Å²) < 4.78 is 10.2. The van der Waals surface area contributed by atoms with Gasteiger partial charge in [-0.25, -0.2) is 0 Å². The van der Waals surface area contributed by atoms with Crippen molar-refractivity contribution in [3.8, 4) is 11.5 Å². The maximum atomic E-state index is 11.6. The number of carbonyl (C=O) groups excluding carboxylic acids is 1. The van der Waals surface area contributed by atoms with Crippen LogP contribution < -0.4 is 20.5 Å². The van der Waals surface area contributed by atoms with Crippen LogP contribution in [-0.4, -0.2) is 33.2 Å². The highest BCUT2D eigenvalue weighted by Gasteiger charge is 2.09. The molecular weight excluding hydrogens is 208 g/mol. The van der Waals surface area contributed by atoms with E-state index in [1.54, 1.807) is 25.3 Å². The van der Waals surface area contributed by atoms with E-state index in [1.807, 2.05) is 0 Å². The van der Waals surface area contributed by atoms with E-state index in [0.717, 1.165) is 0 Å². The Bertz CT molecular complexity index is 366. The van der Waals surface area contributed by atoms with E-state index >= 15 is 0 Å². The Hall–Kier alpha value is -1.75. The van der Waals surface area contributed by atoms with Crippen molar-refractivity contribution in [2.45, 2.75) is 0 Å². The highest BCUT2D eigenvalue weighted by atomic mass is 16.5. The van der Waals surface area contributed by atoms with Gasteiger partial charge in [-0.3, -0.25) is 4.79 Å². The molecule has 0 fully saturated rings. The zero-order valence-electron chi connectivity index (χ0n) is 9.45. The van der Waals surface area contributed by atoms with Crippen LogP contribution in [0, 0.1) is 0 Å². The standard InChI is InChI=1S/C11H16N2O3/c1-15-9-4-3-8(7-10(9)16-2)11(14)13-6-5-12/h3-4,7H,5-6,12H2,1-2H3,(H,13,14). The largest absolute Gasteiger partial charge is 0.493 e. The van der Waals surface area contributed by atoms with Crippen molar-refractivity contribution in [3.63, 3.8) is 0 Å². The monoisotopic (exact) mass is 224 g/mol. The number of benzene rings is 1. The molecule has 0 saturated carbocycles. The molecule has 5 heteroatoms. The number of hydrogen-bond donors (Lipinski definition) is 2. The topological polar surface area (TPSA) is 73.6 Å². The maximum absolute atomic E-state index is 11.6. The maximum Gasteiger partial charge on any atom is 0.251 e. The molecule has 88 valence electrons. The Balaban J connectivity index is 2.85. The molecule has 0 bridgehead atoms.